The first kappa shape index (κ1) is 17.9. The standard InChI is InChI=1S/C20H22N2O4/c1-13(23)17-10-18(21(3)11-17)20(25)26-14(2)19(24)22-9-8-15-6-4-5-7-16(15)12-22/h4-7,10-11,14H,8-9,12H2,1-3H3/t14-/m0/s1. The normalized spacial score (nSPS) is 14.5. The molecule has 2 aromatic rings. The molecular formula is C20H22N2O4. The molecule has 0 spiro atoms. The summed E-state index contributed by atoms with van der Waals surface area (Å²) >= 11 is 0. The highest BCUT2D eigenvalue weighted by Crippen LogP contribution is 2.20. The van der Waals surface area contributed by atoms with Crippen molar-refractivity contribution >= 4 is 17.7 Å². The minimum absolute atomic E-state index is 0.129. The molecule has 1 amide bonds. The van der Waals surface area contributed by atoms with Gasteiger partial charge in [-0.15, -0.1) is 0 Å². The summed E-state index contributed by atoms with van der Waals surface area (Å²) in [6, 6.07) is 9.52. The van der Waals surface area contributed by atoms with E-state index < -0.39 is 12.1 Å². The van der Waals surface area contributed by atoms with Crippen LogP contribution in [0.2, 0.25) is 0 Å². The molecule has 0 saturated carbocycles. The van der Waals surface area contributed by atoms with Crippen molar-refractivity contribution in [2.24, 2.45) is 7.05 Å². The van der Waals surface area contributed by atoms with Crippen LogP contribution in [0.4, 0.5) is 0 Å². The molecule has 2 heterocycles. The maximum absolute atomic E-state index is 12.7. The lowest BCUT2D eigenvalue weighted by molar-refractivity contribution is -0.140. The van der Waals surface area contributed by atoms with Gasteiger partial charge in [-0.05, 0) is 37.5 Å². The van der Waals surface area contributed by atoms with Crippen molar-refractivity contribution < 1.29 is 19.1 Å². The van der Waals surface area contributed by atoms with E-state index in [1.807, 2.05) is 18.2 Å². The second-order valence-electron chi connectivity index (χ2n) is 6.61. The number of aryl methyl sites for hydroxylation is 1. The van der Waals surface area contributed by atoms with Gasteiger partial charge in [-0.25, -0.2) is 4.79 Å². The third-order valence-corrected chi connectivity index (χ3v) is 4.69. The van der Waals surface area contributed by atoms with Crippen LogP contribution in [0.3, 0.4) is 0 Å². The van der Waals surface area contributed by atoms with Crippen LogP contribution in [-0.4, -0.2) is 39.8 Å². The van der Waals surface area contributed by atoms with E-state index in [1.165, 1.54) is 23.1 Å². The minimum atomic E-state index is -0.886. The average Bonchev–Trinajstić information content (AvgIpc) is 3.02. The van der Waals surface area contributed by atoms with Crippen LogP contribution in [0.25, 0.3) is 0 Å². The third-order valence-electron chi connectivity index (χ3n) is 4.69. The van der Waals surface area contributed by atoms with Gasteiger partial charge < -0.3 is 14.2 Å². The number of fused-ring (bicyclic) bond motifs is 1. The molecule has 3 rings (SSSR count). The molecule has 0 N–H and O–H groups in total. The molecule has 1 aliphatic rings. The lowest BCUT2D eigenvalue weighted by atomic mass is 9.99. The van der Waals surface area contributed by atoms with Crippen molar-refractivity contribution in [3.8, 4) is 0 Å². The van der Waals surface area contributed by atoms with Crippen molar-refractivity contribution in [1.29, 1.82) is 0 Å². The van der Waals surface area contributed by atoms with Crippen molar-refractivity contribution in [3.63, 3.8) is 0 Å². The van der Waals surface area contributed by atoms with E-state index in [0.29, 0.717) is 18.7 Å². The van der Waals surface area contributed by atoms with E-state index in [1.54, 1.807) is 25.1 Å². The summed E-state index contributed by atoms with van der Waals surface area (Å²) in [7, 11) is 1.66. The molecule has 6 nitrogen and oxygen atoms in total. The average molecular weight is 354 g/mol. The Labute approximate surface area is 152 Å². The Hall–Kier alpha value is -2.89. The van der Waals surface area contributed by atoms with E-state index >= 15 is 0 Å². The predicted octanol–water partition coefficient (Wildman–Crippen LogP) is 2.36. The minimum Gasteiger partial charge on any atom is -0.448 e. The Morgan fingerprint density at radius 1 is 1.15 bits per heavy atom. The number of hydrogen-bond acceptors (Lipinski definition) is 4. The third kappa shape index (κ3) is 3.54. The van der Waals surface area contributed by atoms with Crippen LogP contribution < -0.4 is 0 Å². The molecule has 1 aromatic heterocycles. The Balaban J connectivity index is 1.66. The van der Waals surface area contributed by atoms with Crippen molar-refractivity contribution in [2.45, 2.75) is 32.9 Å². The zero-order valence-electron chi connectivity index (χ0n) is 15.2. The first-order chi connectivity index (χ1) is 12.4. The van der Waals surface area contributed by atoms with Crippen molar-refractivity contribution in [2.75, 3.05) is 6.54 Å². The van der Waals surface area contributed by atoms with E-state index in [2.05, 4.69) is 6.07 Å². The Morgan fingerprint density at radius 3 is 2.50 bits per heavy atom. The number of carbonyl (C=O) groups excluding carboxylic acids is 3. The number of benzene rings is 1. The summed E-state index contributed by atoms with van der Waals surface area (Å²) in [4.78, 5) is 38.2. The second kappa shape index (κ2) is 7.15. The number of rotatable bonds is 4. The molecule has 1 aliphatic heterocycles. The smallest absolute Gasteiger partial charge is 0.355 e. The van der Waals surface area contributed by atoms with Gasteiger partial charge in [0.15, 0.2) is 11.9 Å². The van der Waals surface area contributed by atoms with E-state index in [9.17, 15) is 14.4 Å². The quantitative estimate of drug-likeness (QED) is 0.624. The highest BCUT2D eigenvalue weighted by molar-refractivity contribution is 5.98. The zero-order valence-corrected chi connectivity index (χ0v) is 15.2. The number of hydrogen-bond donors (Lipinski definition) is 0. The van der Waals surface area contributed by atoms with Crippen LogP contribution >= 0.6 is 0 Å². The van der Waals surface area contributed by atoms with Gasteiger partial charge >= 0.3 is 5.97 Å². The van der Waals surface area contributed by atoms with Crippen LogP contribution in [0.5, 0.6) is 0 Å². The van der Waals surface area contributed by atoms with E-state index in [-0.39, 0.29) is 17.4 Å². The monoisotopic (exact) mass is 354 g/mol. The number of esters is 1. The van der Waals surface area contributed by atoms with Gasteiger partial charge in [-0.1, -0.05) is 24.3 Å². The molecule has 0 aliphatic carbocycles. The van der Waals surface area contributed by atoms with Gasteiger partial charge in [0, 0.05) is 31.9 Å². The molecule has 0 unspecified atom stereocenters. The first-order valence-electron chi connectivity index (χ1n) is 8.60. The van der Waals surface area contributed by atoms with Crippen LogP contribution in [0, 0.1) is 0 Å². The van der Waals surface area contributed by atoms with Gasteiger partial charge in [0.1, 0.15) is 5.69 Å². The molecule has 0 bridgehead atoms. The molecular weight excluding hydrogens is 332 g/mol. The number of amides is 1. The lowest BCUT2D eigenvalue weighted by Crippen LogP contribution is -2.42. The van der Waals surface area contributed by atoms with Gasteiger partial charge in [0.05, 0.1) is 0 Å². The maximum atomic E-state index is 12.7. The molecule has 0 radical (unpaired) electrons. The predicted molar refractivity (Wildman–Crippen MR) is 95.9 cm³/mol. The molecule has 1 aromatic carbocycles. The van der Waals surface area contributed by atoms with Gasteiger partial charge in [-0.3, -0.25) is 9.59 Å². The van der Waals surface area contributed by atoms with E-state index in [0.717, 1.165) is 12.0 Å². The maximum Gasteiger partial charge on any atom is 0.355 e. The molecule has 136 valence electrons. The summed E-state index contributed by atoms with van der Waals surface area (Å²) in [5, 5.41) is 0. The number of carbonyl (C=O) groups is 3. The topological polar surface area (TPSA) is 68.6 Å². The highest BCUT2D eigenvalue weighted by atomic mass is 16.5. The summed E-state index contributed by atoms with van der Waals surface area (Å²) in [6.07, 6.45) is 1.48. The van der Waals surface area contributed by atoms with E-state index in [4.69, 9.17) is 4.74 Å². The number of nitrogens with zero attached hydrogens (tertiary/aromatic N) is 2. The number of aromatic nitrogens is 1. The summed E-state index contributed by atoms with van der Waals surface area (Å²) in [6.45, 7) is 4.15. The molecule has 26 heavy (non-hydrogen) atoms. The van der Waals surface area contributed by atoms with Crippen molar-refractivity contribution in [1.82, 2.24) is 9.47 Å². The lowest BCUT2D eigenvalue weighted by Gasteiger charge is -2.30. The molecule has 1 atom stereocenters. The SMILES string of the molecule is CC(=O)c1cc(C(=O)O[C@@H](C)C(=O)N2CCc3ccccc3C2)n(C)c1. The van der Waals surface area contributed by atoms with Gasteiger partial charge in [0.2, 0.25) is 0 Å². The van der Waals surface area contributed by atoms with Crippen LogP contribution in [-0.2, 0) is 29.5 Å². The summed E-state index contributed by atoms with van der Waals surface area (Å²) in [5.74, 6) is -0.956. The largest absolute Gasteiger partial charge is 0.448 e. The second-order valence-corrected chi connectivity index (χ2v) is 6.61. The number of Topliss-reactive ketones (excluding diaryl/α,β-unsaturated/α-hetero) is 1. The van der Waals surface area contributed by atoms with Crippen LogP contribution in [0.15, 0.2) is 36.5 Å². The van der Waals surface area contributed by atoms with Gasteiger partial charge in [-0.2, -0.15) is 0 Å². The fourth-order valence-corrected chi connectivity index (χ4v) is 3.17. The zero-order chi connectivity index (χ0) is 18.8. The molecule has 6 heteroatoms. The van der Waals surface area contributed by atoms with Gasteiger partial charge in [0.25, 0.3) is 5.91 Å². The highest BCUT2D eigenvalue weighted by Gasteiger charge is 2.28. The fourth-order valence-electron chi connectivity index (χ4n) is 3.17. The Bertz CT molecular complexity index is 868. The number of ether oxygens (including phenoxy) is 1. The van der Waals surface area contributed by atoms with Crippen LogP contribution in [0.1, 0.15) is 45.8 Å². The molecule has 0 saturated heterocycles. The summed E-state index contributed by atoms with van der Waals surface area (Å²) < 4.78 is 6.89. The number of ketones is 1. The Kier molecular flexibility index (Phi) is 4.93. The Morgan fingerprint density at radius 2 is 1.85 bits per heavy atom. The molecule has 0 fully saturated rings. The van der Waals surface area contributed by atoms with Crippen molar-refractivity contribution in [3.05, 3.63) is 58.9 Å². The first-order valence-corrected chi connectivity index (χ1v) is 8.60. The summed E-state index contributed by atoms with van der Waals surface area (Å²) in [5.41, 5.74) is 3.06. The fraction of sp³-hybridized carbons (Fsp3) is 0.350.